The Labute approximate surface area is 361 Å². The van der Waals surface area contributed by atoms with Gasteiger partial charge in [0, 0.05) is 6.42 Å². The lowest BCUT2D eigenvalue weighted by Crippen LogP contribution is -2.68. The van der Waals surface area contributed by atoms with Crippen LogP contribution in [0.3, 0.4) is 0 Å². The van der Waals surface area contributed by atoms with Gasteiger partial charge in [-0.2, -0.15) is 0 Å². The first-order valence-electron chi connectivity index (χ1n) is 23.9. The van der Waals surface area contributed by atoms with Crippen molar-refractivity contribution in [1.29, 1.82) is 0 Å². The molecule has 354 valence electrons. The van der Waals surface area contributed by atoms with Gasteiger partial charge in [0.25, 0.3) is 0 Å². The van der Waals surface area contributed by atoms with E-state index in [0.29, 0.717) is 12.8 Å². The van der Waals surface area contributed by atoms with Crippen molar-refractivity contribution in [2.75, 3.05) is 13.2 Å². The van der Waals surface area contributed by atoms with Crippen LogP contribution in [0, 0.1) is 0 Å². The number of unbranched alkanes of at least 4 members (excludes halogenated alkanes) is 23. The van der Waals surface area contributed by atoms with Crippen LogP contribution in [0.5, 0.6) is 0 Å². The third-order valence-electron chi connectivity index (χ3n) is 12.3. The lowest BCUT2D eigenvalue weighted by Gasteiger charge is -2.47. The Kier molecular flexibility index (Phi) is 30.4. The molecular formula is C46H87NO13. The Bertz CT molecular complexity index is 1080. The topological polar surface area (TPSA) is 239 Å². The molecule has 0 radical (unpaired) electrons. The number of amides is 1. The maximum atomic E-state index is 13.2. The van der Waals surface area contributed by atoms with E-state index in [1.807, 2.05) is 6.08 Å². The molecule has 2 aliphatic rings. The quantitative estimate of drug-likeness (QED) is 0.0310. The summed E-state index contributed by atoms with van der Waals surface area (Å²) in [7, 11) is 0. The maximum absolute atomic E-state index is 13.2. The predicted molar refractivity (Wildman–Crippen MR) is 231 cm³/mol. The second-order valence-electron chi connectivity index (χ2n) is 17.4. The Hall–Kier alpha value is -1.27. The number of ether oxygens (including phenoxy) is 3. The van der Waals surface area contributed by atoms with Crippen molar-refractivity contribution in [3.63, 3.8) is 0 Å². The highest BCUT2D eigenvalue weighted by Crippen LogP contribution is 2.31. The van der Waals surface area contributed by atoms with E-state index in [0.717, 1.165) is 38.5 Å². The molecule has 0 bridgehead atoms. The molecule has 2 fully saturated rings. The largest absolute Gasteiger partial charge is 0.394 e. The average molecular weight is 862 g/mol. The third kappa shape index (κ3) is 20.5. The predicted octanol–water partition coefficient (Wildman–Crippen LogP) is 4.60. The molecule has 14 heteroatoms. The Morgan fingerprint density at radius 1 is 0.583 bits per heavy atom. The van der Waals surface area contributed by atoms with Gasteiger partial charge >= 0.3 is 0 Å². The van der Waals surface area contributed by atoms with Crippen LogP contribution in [0.1, 0.15) is 181 Å². The van der Waals surface area contributed by atoms with E-state index in [1.165, 1.54) is 115 Å². The van der Waals surface area contributed by atoms with Crippen molar-refractivity contribution in [2.45, 2.75) is 260 Å². The lowest BCUT2D eigenvalue weighted by molar-refractivity contribution is -0.345. The number of aliphatic hydroxyl groups is 9. The van der Waals surface area contributed by atoms with Gasteiger partial charge in [0.1, 0.15) is 61.0 Å². The van der Waals surface area contributed by atoms with E-state index in [4.69, 9.17) is 14.2 Å². The molecule has 0 spiro atoms. The maximum Gasteiger partial charge on any atom is 0.220 e. The van der Waals surface area contributed by atoms with E-state index in [-0.39, 0.29) is 6.42 Å². The van der Waals surface area contributed by atoms with Crippen LogP contribution in [0.2, 0.25) is 0 Å². The van der Waals surface area contributed by atoms with Gasteiger partial charge in [-0.3, -0.25) is 4.79 Å². The van der Waals surface area contributed by atoms with Crippen LogP contribution in [0.25, 0.3) is 0 Å². The van der Waals surface area contributed by atoms with Crippen molar-refractivity contribution in [3.8, 4) is 0 Å². The second-order valence-corrected chi connectivity index (χ2v) is 17.4. The number of hydrogen-bond donors (Lipinski definition) is 10. The van der Waals surface area contributed by atoms with Crippen LogP contribution in [0.4, 0.5) is 0 Å². The summed E-state index contributed by atoms with van der Waals surface area (Å²) in [5, 5.41) is 98.8. The number of hydrogen-bond acceptors (Lipinski definition) is 13. The zero-order valence-corrected chi connectivity index (χ0v) is 37.1. The molecule has 13 atom stereocenters. The highest BCUT2D eigenvalue weighted by atomic mass is 16.7. The standard InChI is InChI=1S/C46H87NO13/c1-3-5-7-9-11-13-15-17-19-21-23-25-27-29-33(50)37(47-36(51)30-28-26-24-22-20-18-16-14-12-10-8-6-4-2)39(53)45-42(56)41(55)44(35(32-49)58-45)60-46-43(57)40(54)38(52)34(31-48)59-46/h27,29,33-35,37-46,48-50,52-57H,3-26,28,30-32H2,1-2H3,(H,47,51)/b29-27+/t33-,34-,35-,37-,38+,39?,40+,41-,42-,43-,44-,45?,46+/m1/s1. The minimum atomic E-state index is -1.87. The van der Waals surface area contributed by atoms with Gasteiger partial charge in [0.05, 0.1) is 25.4 Å². The molecule has 2 rings (SSSR count). The summed E-state index contributed by atoms with van der Waals surface area (Å²) in [6.07, 6.45) is 12.9. The van der Waals surface area contributed by atoms with Gasteiger partial charge in [-0.05, 0) is 19.3 Å². The van der Waals surface area contributed by atoms with E-state index >= 15 is 0 Å². The molecule has 0 aromatic heterocycles. The summed E-state index contributed by atoms with van der Waals surface area (Å²) in [5.74, 6) is -0.395. The van der Waals surface area contributed by atoms with Crippen LogP contribution in [-0.2, 0) is 19.0 Å². The number of nitrogens with one attached hydrogen (secondary N) is 1. The molecule has 0 aliphatic carbocycles. The van der Waals surface area contributed by atoms with Crippen molar-refractivity contribution in [2.24, 2.45) is 0 Å². The second kappa shape index (κ2) is 33.3. The molecule has 14 nitrogen and oxygen atoms in total. The monoisotopic (exact) mass is 862 g/mol. The van der Waals surface area contributed by atoms with Crippen LogP contribution in [0.15, 0.2) is 12.2 Å². The molecule has 1 amide bonds. The van der Waals surface area contributed by atoms with Gasteiger partial charge in [-0.15, -0.1) is 0 Å². The zero-order chi connectivity index (χ0) is 44.1. The van der Waals surface area contributed by atoms with Gasteiger partial charge in [-0.25, -0.2) is 0 Å². The SMILES string of the molecule is CCCCCCCCCCCCC/C=C/[C@@H](O)[C@@H](NC(=O)CCCCCCCCCCCCCCC)C(O)C1O[C@H](CO)[C@@H](O[C@@H]2O[C@H](CO)[C@H](O)[C@H](O)[C@H]2O)[C@H](O)[C@H]1O. The molecule has 2 heterocycles. The number of rotatable bonds is 35. The van der Waals surface area contributed by atoms with Gasteiger partial charge in [-0.1, -0.05) is 167 Å². The van der Waals surface area contributed by atoms with E-state index in [1.54, 1.807) is 0 Å². The molecule has 2 aliphatic heterocycles. The van der Waals surface area contributed by atoms with Crippen molar-refractivity contribution in [3.05, 3.63) is 12.2 Å². The summed E-state index contributed by atoms with van der Waals surface area (Å²) in [4.78, 5) is 13.2. The molecule has 0 aromatic carbocycles. The molecule has 2 saturated heterocycles. The van der Waals surface area contributed by atoms with Crippen LogP contribution in [-0.4, -0.2) is 145 Å². The zero-order valence-electron chi connectivity index (χ0n) is 37.1. The summed E-state index contributed by atoms with van der Waals surface area (Å²) in [6, 6.07) is -1.35. The number of carbonyl (C=O) groups is 1. The van der Waals surface area contributed by atoms with E-state index < -0.39 is 98.6 Å². The first kappa shape index (κ1) is 54.9. The van der Waals surface area contributed by atoms with Crippen LogP contribution >= 0.6 is 0 Å². The first-order valence-corrected chi connectivity index (χ1v) is 23.9. The molecule has 0 aromatic rings. The lowest BCUT2D eigenvalue weighted by atomic mass is 9.87. The fourth-order valence-corrected chi connectivity index (χ4v) is 8.32. The smallest absolute Gasteiger partial charge is 0.220 e. The van der Waals surface area contributed by atoms with Crippen molar-refractivity contribution in [1.82, 2.24) is 5.32 Å². The van der Waals surface area contributed by atoms with Crippen molar-refractivity contribution < 1.29 is 65.0 Å². The summed E-state index contributed by atoms with van der Waals surface area (Å²) in [5.41, 5.74) is 0. The Balaban J connectivity index is 1.98. The molecule has 60 heavy (non-hydrogen) atoms. The van der Waals surface area contributed by atoms with Crippen molar-refractivity contribution >= 4 is 5.91 Å². The molecule has 10 N–H and O–H groups in total. The van der Waals surface area contributed by atoms with E-state index in [2.05, 4.69) is 19.2 Å². The fraction of sp³-hybridized carbons (Fsp3) is 0.935. The summed E-state index contributed by atoms with van der Waals surface area (Å²) < 4.78 is 16.9. The minimum Gasteiger partial charge on any atom is -0.394 e. The highest BCUT2D eigenvalue weighted by molar-refractivity contribution is 5.76. The summed E-state index contributed by atoms with van der Waals surface area (Å²) in [6.45, 7) is 2.94. The summed E-state index contributed by atoms with van der Waals surface area (Å²) >= 11 is 0. The molecular weight excluding hydrogens is 775 g/mol. The Morgan fingerprint density at radius 2 is 1.05 bits per heavy atom. The first-order chi connectivity index (χ1) is 29.0. The van der Waals surface area contributed by atoms with Gasteiger partial charge in [0.15, 0.2) is 6.29 Å². The highest BCUT2D eigenvalue weighted by Gasteiger charge is 2.53. The third-order valence-corrected chi connectivity index (χ3v) is 12.3. The molecule has 0 saturated carbocycles. The van der Waals surface area contributed by atoms with Gasteiger partial charge in [0.2, 0.25) is 5.91 Å². The van der Waals surface area contributed by atoms with Gasteiger partial charge < -0.3 is 65.5 Å². The van der Waals surface area contributed by atoms with E-state index in [9.17, 15) is 50.8 Å². The molecule has 2 unspecified atom stereocenters. The number of aliphatic hydroxyl groups excluding tert-OH is 9. The fourth-order valence-electron chi connectivity index (χ4n) is 8.32. The number of allylic oxidation sites excluding steroid dienone is 1. The van der Waals surface area contributed by atoms with Crippen LogP contribution < -0.4 is 5.32 Å². The Morgan fingerprint density at radius 3 is 1.53 bits per heavy atom. The normalized spacial score (nSPS) is 28.9. The number of carbonyl (C=O) groups excluding carboxylic acids is 1. The minimum absolute atomic E-state index is 0.168. The average Bonchev–Trinajstić information content (AvgIpc) is 3.24.